The summed E-state index contributed by atoms with van der Waals surface area (Å²) >= 11 is 2.04. The molecule has 98 valence electrons. The molecule has 1 aliphatic heterocycles. The van der Waals surface area contributed by atoms with E-state index in [4.69, 9.17) is 0 Å². The second kappa shape index (κ2) is 6.64. The Morgan fingerprint density at radius 3 is 2.94 bits per heavy atom. The summed E-state index contributed by atoms with van der Waals surface area (Å²) in [5, 5.41) is 7.30. The first-order chi connectivity index (χ1) is 8.29. The molecule has 2 fully saturated rings. The lowest BCUT2D eigenvalue weighted by molar-refractivity contribution is -0.124. The second-order valence-corrected chi connectivity index (χ2v) is 6.68. The zero-order chi connectivity index (χ0) is 12.1. The summed E-state index contributed by atoms with van der Waals surface area (Å²) < 4.78 is 0. The molecule has 17 heavy (non-hydrogen) atoms. The Balaban J connectivity index is 1.71. The van der Waals surface area contributed by atoms with Gasteiger partial charge in [-0.1, -0.05) is 13.3 Å². The maximum absolute atomic E-state index is 12.0. The van der Waals surface area contributed by atoms with Crippen LogP contribution in [0.25, 0.3) is 0 Å². The topological polar surface area (TPSA) is 41.1 Å². The van der Waals surface area contributed by atoms with Gasteiger partial charge in [-0.05, 0) is 44.4 Å². The fourth-order valence-electron chi connectivity index (χ4n) is 2.84. The first-order valence-corrected chi connectivity index (χ1v) is 8.00. The van der Waals surface area contributed by atoms with Crippen LogP contribution in [0.1, 0.15) is 45.4 Å². The van der Waals surface area contributed by atoms with Gasteiger partial charge in [-0.2, -0.15) is 11.8 Å². The minimum atomic E-state index is 0.0710. The van der Waals surface area contributed by atoms with Crippen molar-refractivity contribution >= 4 is 17.7 Å². The summed E-state index contributed by atoms with van der Waals surface area (Å²) in [6.07, 6.45) is 6.99. The quantitative estimate of drug-likeness (QED) is 0.807. The van der Waals surface area contributed by atoms with E-state index in [2.05, 4.69) is 17.6 Å². The number of piperidine rings is 1. The van der Waals surface area contributed by atoms with Gasteiger partial charge in [0.15, 0.2) is 0 Å². The maximum Gasteiger partial charge on any atom is 0.237 e. The zero-order valence-electron chi connectivity index (χ0n) is 10.7. The lowest BCUT2D eigenvalue weighted by atomic mass is 10.0. The predicted molar refractivity (Wildman–Crippen MR) is 73.3 cm³/mol. The molecule has 0 aromatic rings. The van der Waals surface area contributed by atoms with Crippen molar-refractivity contribution in [1.29, 1.82) is 0 Å². The Morgan fingerprint density at radius 1 is 1.35 bits per heavy atom. The first-order valence-electron chi connectivity index (χ1n) is 6.95. The molecule has 3 atom stereocenters. The number of nitrogens with one attached hydrogen (secondary N) is 2. The van der Waals surface area contributed by atoms with Gasteiger partial charge in [-0.25, -0.2) is 0 Å². The number of hydrogen-bond acceptors (Lipinski definition) is 3. The van der Waals surface area contributed by atoms with Gasteiger partial charge in [-0.3, -0.25) is 4.79 Å². The molecule has 3 nitrogen and oxygen atoms in total. The molecule has 2 rings (SSSR count). The minimum absolute atomic E-state index is 0.0710. The van der Waals surface area contributed by atoms with E-state index in [1.54, 1.807) is 0 Å². The van der Waals surface area contributed by atoms with Crippen LogP contribution in [0.2, 0.25) is 0 Å². The van der Waals surface area contributed by atoms with Crippen molar-refractivity contribution in [2.45, 2.75) is 62.8 Å². The van der Waals surface area contributed by atoms with Crippen LogP contribution >= 0.6 is 11.8 Å². The van der Waals surface area contributed by atoms with E-state index >= 15 is 0 Å². The third kappa shape index (κ3) is 3.88. The maximum atomic E-state index is 12.0. The molecular weight excluding hydrogens is 232 g/mol. The minimum Gasteiger partial charge on any atom is -0.352 e. The molecule has 2 N–H and O–H groups in total. The Kier molecular flexibility index (Phi) is 5.16. The number of thioether (sulfide) groups is 1. The summed E-state index contributed by atoms with van der Waals surface area (Å²) in [6.45, 7) is 3.21. The van der Waals surface area contributed by atoms with Crippen LogP contribution in [0, 0.1) is 0 Å². The molecule has 4 heteroatoms. The largest absolute Gasteiger partial charge is 0.352 e. The molecule has 0 spiro atoms. The fraction of sp³-hybridized carbons (Fsp3) is 0.923. The standard InChI is InChI=1S/C13H24N2OS/c1-2-17-11-7-6-10(9-11)15-13(16)12-5-3-4-8-14-12/h10-12,14H,2-9H2,1H3,(H,15,16). The molecule has 0 aromatic carbocycles. The average Bonchev–Trinajstić information content (AvgIpc) is 2.78. The molecule has 1 amide bonds. The normalized spacial score (nSPS) is 33.6. The highest BCUT2D eigenvalue weighted by atomic mass is 32.2. The van der Waals surface area contributed by atoms with E-state index < -0.39 is 0 Å². The number of rotatable bonds is 4. The van der Waals surface area contributed by atoms with Crippen molar-refractivity contribution in [2.75, 3.05) is 12.3 Å². The predicted octanol–water partition coefficient (Wildman–Crippen LogP) is 1.92. The summed E-state index contributed by atoms with van der Waals surface area (Å²) in [5.41, 5.74) is 0. The SMILES string of the molecule is CCSC1CCC(NC(=O)C2CCCCN2)C1. The van der Waals surface area contributed by atoms with Crippen LogP contribution in [0.5, 0.6) is 0 Å². The van der Waals surface area contributed by atoms with Crippen LogP contribution in [-0.4, -0.2) is 35.5 Å². The van der Waals surface area contributed by atoms with Crippen LogP contribution in [0.3, 0.4) is 0 Å². The van der Waals surface area contributed by atoms with Crippen LogP contribution in [-0.2, 0) is 4.79 Å². The summed E-state index contributed by atoms with van der Waals surface area (Å²) in [4.78, 5) is 12.0. The van der Waals surface area contributed by atoms with Gasteiger partial charge in [0.25, 0.3) is 0 Å². The van der Waals surface area contributed by atoms with E-state index in [-0.39, 0.29) is 11.9 Å². The third-order valence-electron chi connectivity index (χ3n) is 3.76. The Hall–Kier alpha value is -0.220. The lowest BCUT2D eigenvalue weighted by Gasteiger charge is -2.24. The molecule has 2 aliphatic rings. The third-order valence-corrected chi connectivity index (χ3v) is 4.99. The highest BCUT2D eigenvalue weighted by Crippen LogP contribution is 2.29. The Morgan fingerprint density at radius 2 is 2.24 bits per heavy atom. The van der Waals surface area contributed by atoms with Crippen molar-refractivity contribution in [1.82, 2.24) is 10.6 Å². The molecule has 1 saturated heterocycles. The van der Waals surface area contributed by atoms with Gasteiger partial charge in [0.2, 0.25) is 5.91 Å². The van der Waals surface area contributed by atoms with Crippen molar-refractivity contribution in [3.8, 4) is 0 Å². The number of carbonyl (C=O) groups is 1. The molecule has 0 bridgehead atoms. The summed E-state index contributed by atoms with van der Waals surface area (Å²) in [7, 11) is 0. The number of carbonyl (C=O) groups excluding carboxylic acids is 1. The van der Waals surface area contributed by atoms with Crippen molar-refractivity contribution < 1.29 is 4.79 Å². The highest BCUT2D eigenvalue weighted by molar-refractivity contribution is 7.99. The molecule has 1 heterocycles. The van der Waals surface area contributed by atoms with Gasteiger partial charge >= 0.3 is 0 Å². The summed E-state index contributed by atoms with van der Waals surface area (Å²) in [5.74, 6) is 1.42. The molecule has 1 aliphatic carbocycles. The average molecular weight is 256 g/mol. The van der Waals surface area contributed by atoms with Gasteiger partial charge in [0, 0.05) is 11.3 Å². The van der Waals surface area contributed by atoms with Crippen molar-refractivity contribution in [3.05, 3.63) is 0 Å². The molecule has 0 radical (unpaired) electrons. The molecule has 1 saturated carbocycles. The van der Waals surface area contributed by atoms with Crippen LogP contribution in [0.4, 0.5) is 0 Å². The van der Waals surface area contributed by atoms with Crippen molar-refractivity contribution in [3.63, 3.8) is 0 Å². The van der Waals surface area contributed by atoms with E-state index in [1.165, 1.54) is 25.0 Å². The van der Waals surface area contributed by atoms with E-state index in [0.717, 1.165) is 31.1 Å². The van der Waals surface area contributed by atoms with E-state index in [0.29, 0.717) is 6.04 Å². The highest BCUT2D eigenvalue weighted by Gasteiger charge is 2.28. The lowest BCUT2D eigenvalue weighted by Crippen LogP contribution is -2.49. The van der Waals surface area contributed by atoms with E-state index in [9.17, 15) is 4.79 Å². The smallest absolute Gasteiger partial charge is 0.237 e. The van der Waals surface area contributed by atoms with Gasteiger partial charge < -0.3 is 10.6 Å². The van der Waals surface area contributed by atoms with E-state index in [1.807, 2.05) is 11.8 Å². The monoisotopic (exact) mass is 256 g/mol. The molecule has 0 aromatic heterocycles. The Labute approximate surface area is 108 Å². The second-order valence-electron chi connectivity index (χ2n) is 5.10. The molecule has 3 unspecified atom stereocenters. The molecular formula is C13H24N2OS. The van der Waals surface area contributed by atoms with Crippen molar-refractivity contribution in [2.24, 2.45) is 0 Å². The summed E-state index contributed by atoms with van der Waals surface area (Å²) in [6, 6.07) is 0.497. The first kappa shape index (κ1) is 13.2. The number of amides is 1. The number of hydrogen-bond donors (Lipinski definition) is 2. The zero-order valence-corrected chi connectivity index (χ0v) is 11.5. The van der Waals surface area contributed by atoms with Gasteiger partial charge in [0.1, 0.15) is 0 Å². The van der Waals surface area contributed by atoms with Crippen LogP contribution < -0.4 is 10.6 Å². The fourth-order valence-corrected chi connectivity index (χ4v) is 3.98. The van der Waals surface area contributed by atoms with Crippen LogP contribution in [0.15, 0.2) is 0 Å². The van der Waals surface area contributed by atoms with Gasteiger partial charge in [-0.15, -0.1) is 0 Å². The Bertz CT molecular complexity index is 254. The van der Waals surface area contributed by atoms with Gasteiger partial charge in [0.05, 0.1) is 6.04 Å².